The Morgan fingerprint density at radius 2 is 1.38 bits per heavy atom. The smallest absolute Gasteiger partial charge is 0.204 e. The summed E-state index contributed by atoms with van der Waals surface area (Å²) >= 11 is 3.13. The molecule has 0 radical (unpaired) electrons. The summed E-state index contributed by atoms with van der Waals surface area (Å²) in [7, 11) is 0. The van der Waals surface area contributed by atoms with Gasteiger partial charge in [0.2, 0.25) is 4.69 Å². The second-order valence-corrected chi connectivity index (χ2v) is 8.53. The Bertz CT molecular complexity index is 544. The van der Waals surface area contributed by atoms with Crippen LogP contribution in [-0.4, -0.2) is 9.80 Å². The molecule has 1 aromatic carbocycles. The van der Waals surface area contributed by atoms with E-state index in [4.69, 9.17) is 0 Å². The van der Waals surface area contributed by atoms with Crippen molar-refractivity contribution in [2.45, 2.75) is 88.9 Å². The Balaban J connectivity index is 2.02. The van der Waals surface area contributed by atoms with Crippen molar-refractivity contribution in [2.75, 3.05) is 0 Å². The number of rotatable bonds is 4. The lowest BCUT2D eigenvalue weighted by molar-refractivity contribution is -0.111. The highest BCUT2D eigenvalue weighted by molar-refractivity contribution is 9.18. The molecule has 0 spiro atoms. The molecule has 0 heterocycles. The van der Waals surface area contributed by atoms with Gasteiger partial charge >= 0.3 is 0 Å². The van der Waals surface area contributed by atoms with Crippen molar-refractivity contribution in [3.8, 4) is 5.75 Å². The van der Waals surface area contributed by atoms with Gasteiger partial charge in [-0.2, -0.15) is 0 Å². The molecule has 0 aliphatic heterocycles. The lowest BCUT2D eigenvalue weighted by Gasteiger charge is -2.29. The quantitative estimate of drug-likeness (QED) is 0.592. The van der Waals surface area contributed by atoms with Crippen LogP contribution < -0.4 is 0 Å². The topological polar surface area (TPSA) is 37.3 Å². The van der Waals surface area contributed by atoms with Gasteiger partial charge in [0.05, 0.1) is 5.92 Å². The van der Waals surface area contributed by atoms with Crippen molar-refractivity contribution < 1.29 is 9.90 Å². The Morgan fingerprint density at radius 1 is 0.958 bits per heavy atom. The number of phenolic OH excluding ortho intramolecular Hbond substituents is 1. The molecule has 0 aromatic heterocycles. The Labute approximate surface area is 154 Å². The van der Waals surface area contributed by atoms with Crippen molar-refractivity contribution in [3.05, 3.63) is 28.8 Å². The standard InChI is InChI=1S/C21H29BrO2/c1-14(21(22)24)17-12-18(15-8-4-2-5-9-15)20(23)19(13-17)16-10-6-3-7-11-16/h12-16,23H,2-11H2,1H3. The predicted molar refractivity (Wildman–Crippen MR) is 102 cm³/mol. The van der Waals surface area contributed by atoms with E-state index >= 15 is 0 Å². The lowest BCUT2D eigenvalue weighted by Crippen LogP contribution is -2.12. The van der Waals surface area contributed by atoms with Crippen LogP contribution in [0.1, 0.15) is 106 Å². The van der Waals surface area contributed by atoms with Crippen LogP contribution in [0.25, 0.3) is 0 Å². The summed E-state index contributed by atoms with van der Waals surface area (Å²) in [5.41, 5.74) is 3.28. The fourth-order valence-corrected chi connectivity index (χ4v) is 4.80. The summed E-state index contributed by atoms with van der Waals surface area (Å²) in [5.74, 6) is 1.29. The van der Waals surface area contributed by atoms with E-state index in [1.165, 1.54) is 38.5 Å². The molecular weight excluding hydrogens is 364 g/mol. The number of halogens is 1. The third-order valence-corrected chi connectivity index (χ3v) is 6.81. The molecule has 2 fully saturated rings. The first-order valence-electron chi connectivity index (χ1n) is 9.64. The summed E-state index contributed by atoms with van der Waals surface area (Å²) in [4.78, 5) is 11.9. The number of aromatic hydroxyl groups is 1. The van der Waals surface area contributed by atoms with Gasteiger partial charge in [-0.05, 0) is 70.1 Å². The minimum absolute atomic E-state index is 0.0254. The minimum atomic E-state index is -0.157. The molecule has 0 saturated heterocycles. The Hall–Kier alpha value is -0.830. The van der Waals surface area contributed by atoms with Gasteiger partial charge in [-0.1, -0.05) is 57.6 Å². The summed E-state index contributed by atoms with van der Waals surface area (Å²) in [6.07, 6.45) is 12.3. The number of hydrogen-bond acceptors (Lipinski definition) is 2. The SMILES string of the molecule is CC(C(=O)Br)c1cc(C2CCCCC2)c(O)c(C2CCCCC2)c1. The summed E-state index contributed by atoms with van der Waals surface area (Å²) in [6, 6.07) is 4.23. The zero-order chi connectivity index (χ0) is 17.1. The third kappa shape index (κ3) is 3.87. The van der Waals surface area contributed by atoms with Crippen LogP contribution in [0.15, 0.2) is 12.1 Å². The number of benzene rings is 1. The van der Waals surface area contributed by atoms with Crippen LogP contribution in [0.4, 0.5) is 0 Å². The van der Waals surface area contributed by atoms with E-state index in [-0.39, 0.29) is 10.6 Å². The molecule has 2 aliphatic rings. The van der Waals surface area contributed by atoms with Gasteiger partial charge in [0, 0.05) is 0 Å². The second-order valence-electron chi connectivity index (χ2n) is 7.74. The molecule has 0 amide bonds. The monoisotopic (exact) mass is 392 g/mol. The van der Waals surface area contributed by atoms with Crippen LogP contribution >= 0.6 is 15.9 Å². The maximum Gasteiger partial charge on any atom is 0.204 e. The Kier molecular flexibility index (Phi) is 6.02. The van der Waals surface area contributed by atoms with E-state index in [0.717, 1.165) is 42.4 Å². The van der Waals surface area contributed by atoms with Gasteiger partial charge < -0.3 is 5.11 Å². The van der Waals surface area contributed by atoms with E-state index < -0.39 is 0 Å². The summed E-state index contributed by atoms with van der Waals surface area (Å²) < 4.78 is 0.0254. The van der Waals surface area contributed by atoms with Crippen molar-refractivity contribution in [1.29, 1.82) is 0 Å². The van der Waals surface area contributed by atoms with Gasteiger partial charge in [0.25, 0.3) is 0 Å². The average Bonchev–Trinajstić information content (AvgIpc) is 2.62. The summed E-state index contributed by atoms with van der Waals surface area (Å²) in [5, 5.41) is 11.0. The zero-order valence-corrected chi connectivity index (χ0v) is 16.3. The zero-order valence-electron chi connectivity index (χ0n) is 14.7. The number of carbonyl (C=O) groups excluding carboxylic acids is 1. The Morgan fingerprint density at radius 3 is 1.75 bits per heavy atom. The maximum absolute atomic E-state index is 11.9. The van der Waals surface area contributed by atoms with E-state index in [2.05, 4.69) is 28.1 Å². The van der Waals surface area contributed by atoms with E-state index in [0.29, 0.717) is 17.6 Å². The molecule has 3 heteroatoms. The van der Waals surface area contributed by atoms with Gasteiger partial charge in [-0.15, -0.1) is 0 Å². The van der Waals surface area contributed by atoms with E-state index in [1.54, 1.807) is 0 Å². The molecule has 2 aliphatic carbocycles. The van der Waals surface area contributed by atoms with Crippen LogP contribution in [0.5, 0.6) is 5.75 Å². The first-order valence-corrected chi connectivity index (χ1v) is 10.4. The molecule has 24 heavy (non-hydrogen) atoms. The van der Waals surface area contributed by atoms with Crippen LogP contribution in [-0.2, 0) is 4.79 Å². The first-order chi connectivity index (χ1) is 11.6. The summed E-state index contributed by atoms with van der Waals surface area (Å²) in [6.45, 7) is 1.96. The fraction of sp³-hybridized carbons (Fsp3) is 0.667. The molecule has 132 valence electrons. The molecule has 0 bridgehead atoms. The molecule has 2 saturated carbocycles. The van der Waals surface area contributed by atoms with Gasteiger partial charge in [0.1, 0.15) is 5.75 Å². The predicted octanol–water partition coefficient (Wildman–Crippen LogP) is 6.51. The highest BCUT2D eigenvalue weighted by Gasteiger charge is 2.27. The van der Waals surface area contributed by atoms with E-state index in [1.807, 2.05) is 6.92 Å². The van der Waals surface area contributed by atoms with Crippen molar-refractivity contribution in [2.24, 2.45) is 0 Å². The largest absolute Gasteiger partial charge is 0.507 e. The highest BCUT2D eigenvalue weighted by atomic mass is 79.9. The molecular formula is C21H29BrO2. The normalized spacial score (nSPS) is 21.6. The average molecular weight is 393 g/mol. The van der Waals surface area contributed by atoms with Crippen LogP contribution in [0, 0.1) is 0 Å². The third-order valence-electron chi connectivity index (χ3n) is 6.12. The van der Waals surface area contributed by atoms with Gasteiger partial charge in [-0.25, -0.2) is 0 Å². The minimum Gasteiger partial charge on any atom is -0.507 e. The molecule has 3 rings (SSSR count). The molecule has 1 unspecified atom stereocenters. The fourth-order valence-electron chi connectivity index (χ4n) is 4.53. The van der Waals surface area contributed by atoms with E-state index in [9.17, 15) is 9.90 Å². The second kappa shape index (κ2) is 8.03. The van der Waals surface area contributed by atoms with Crippen LogP contribution in [0.3, 0.4) is 0 Å². The van der Waals surface area contributed by atoms with Gasteiger partial charge in [-0.3, -0.25) is 4.79 Å². The highest BCUT2D eigenvalue weighted by Crippen LogP contribution is 2.45. The molecule has 1 aromatic rings. The first kappa shape index (κ1) is 18.0. The number of phenols is 1. The number of hydrogen-bond donors (Lipinski definition) is 1. The van der Waals surface area contributed by atoms with Crippen molar-refractivity contribution in [1.82, 2.24) is 0 Å². The molecule has 1 N–H and O–H groups in total. The van der Waals surface area contributed by atoms with Crippen molar-refractivity contribution in [3.63, 3.8) is 0 Å². The number of carbonyl (C=O) groups is 1. The maximum atomic E-state index is 11.9. The van der Waals surface area contributed by atoms with Crippen molar-refractivity contribution >= 4 is 20.6 Å². The molecule has 1 atom stereocenters. The lowest BCUT2D eigenvalue weighted by atomic mass is 9.77. The van der Waals surface area contributed by atoms with Crippen LogP contribution in [0.2, 0.25) is 0 Å². The van der Waals surface area contributed by atoms with Gasteiger partial charge in [0.15, 0.2) is 0 Å². The molecule has 2 nitrogen and oxygen atoms in total.